The average Bonchev–Trinajstić information content (AvgIpc) is 3.53. The summed E-state index contributed by atoms with van der Waals surface area (Å²) in [6.07, 6.45) is 0. The Bertz CT molecular complexity index is 2760. The lowest BCUT2D eigenvalue weighted by atomic mass is 9.97. The van der Waals surface area contributed by atoms with Crippen molar-refractivity contribution in [2.24, 2.45) is 0 Å². The molecule has 10 rings (SSSR count). The van der Waals surface area contributed by atoms with Crippen LogP contribution in [0.25, 0.3) is 89.5 Å². The van der Waals surface area contributed by atoms with Crippen LogP contribution < -0.4 is 10.4 Å². The summed E-state index contributed by atoms with van der Waals surface area (Å²) in [5, 5.41) is 3.08. The summed E-state index contributed by atoms with van der Waals surface area (Å²) in [6.45, 7) is 4.98. The van der Waals surface area contributed by atoms with Crippen LogP contribution in [0.4, 0.5) is 0 Å². The highest BCUT2D eigenvalue weighted by Gasteiger charge is 2.39. The molecule has 0 saturated heterocycles. The molecule has 0 bridgehead atoms. The first-order valence-corrected chi connectivity index (χ1v) is 22.6. The van der Waals surface area contributed by atoms with Crippen LogP contribution in [0.3, 0.4) is 0 Å². The molecule has 0 atom stereocenters. The van der Waals surface area contributed by atoms with Gasteiger partial charge in [0.2, 0.25) is 0 Å². The molecule has 270 valence electrons. The van der Waals surface area contributed by atoms with E-state index < -0.39 is 8.07 Å². The molecule has 0 radical (unpaired) electrons. The topological polar surface area (TPSA) is 25.8 Å². The molecule has 0 unspecified atom stereocenters. The van der Waals surface area contributed by atoms with Crippen molar-refractivity contribution in [2.75, 3.05) is 0 Å². The maximum Gasteiger partial charge on any atom is 0.160 e. The molecule has 0 amide bonds. The fraction of sp³-hybridized carbons (Fsp3) is 0.0370. The van der Waals surface area contributed by atoms with Gasteiger partial charge in [-0.25, -0.2) is 9.97 Å². The van der Waals surface area contributed by atoms with Gasteiger partial charge in [0.05, 0.1) is 11.4 Å². The van der Waals surface area contributed by atoms with Gasteiger partial charge in [0.15, 0.2) is 5.82 Å². The van der Waals surface area contributed by atoms with Gasteiger partial charge in [0.1, 0.15) is 8.07 Å². The highest BCUT2D eigenvalue weighted by Crippen LogP contribution is 2.35. The van der Waals surface area contributed by atoms with Gasteiger partial charge < -0.3 is 0 Å². The number of benzene rings is 8. The van der Waals surface area contributed by atoms with Crippen LogP contribution in [-0.2, 0) is 0 Å². The lowest BCUT2D eigenvalue weighted by molar-refractivity contribution is 1.18. The summed E-state index contributed by atoms with van der Waals surface area (Å²) in [7, 11) is -1.82. The highest BCUT2D eigenvalue weighted by atomic mass is 28.3. The molecule has 0 N–H and O–H groups in total. The van der Waals surface area contributed by atoms with E-state index in [9.17, 15) is 0 Å². The molecule has 2 nitrogen and oxygen atoms in total. The van der Waals surface area contributed by atoms with Crippen LogP contribution in [0.2, 0.25) is 13.1 Å². The molecule has 0 aliphatic carbocycles. The first-order valence-electron chi connectivity index (χ1n) is 19.6. The normalized spacial score (nSPS) is 12.5. The van der Waals surface area contributed by atoms with Crippen LogP contribution in [0, 0.1) is 0 Å². The molecule has 0 fully saturated rings. The van der Waals surface area contributed by atoms with Crippen LogP contribution in [0.5, 0.6) is 0 Å². The van der Waals surface area contributed by atoms with Gasteiger partial charge in [-0.05, 0) is 72.1 Å². The van der Waals surface area contributed by atoms with Gasteiger partial charge in [-0.3, -0.25) is 0 Å². The first kappa shape index (κ1) is 34.5. The molecule has 8 aromatic carbocycles. The van der Waals surface area contributed by atoms with Crippen molar-refractivity contribution >= 4 is 18.4 Å². The standard InChI is InChI=1S/C54H40N2Si/c1-57(2)52-19-10-9-16-48(52)49-18-11-17-47(53(49)57)43-28-20-41(21-29-43)42-26-34-46(35-27-42)54-55-50(44-30-22-39(23-31-44)37-12-5-3-6-13-37)36-51(56-54)45-32-24-40(25-33-45)38-14-7-4-8-15-38/h3-36H,1-2H3. The van der Waals surface area contributed by atoms with E-state index in [2.05, 4.69) is 207 Å². The van der Waals surface area contributed by atoms with Crippen molar-refractivity contribution in [3.63, 3.8) is 0 Å². The summed E-state index contributed by atoms with van der Waals surface area (Å²) in [6, 6.07) is 74.0. The Hall–Kier alpha value is -6.94. The third kappa shape index (κ3) is 6.42. The number of hydrogen-bond donors (Lipinski definition) is 0. The Balaban J connectivity index is 0.974. The lowest BCUT2D eigenvalue weighted by Gasteiger charge is -2.22. The predicted molar refractivity (Wildman–Crippen MR) is 242 cm³/mol. The summed E-state index contributed by atoms with van der Waals surface area (Å²) >= 11 is 0. The second-order valence-corrected chi connectivity index (χ2v) is 19.7. The molecule has 1 aromatic heterocycles. The zero-order valence-corrected chi connectivity index (χ0v) is 33.0. The fourth-order valence-electron chi connectivity index (χ4n) is 8.54. The molecular weight excluding hydrogens is 705 g/mol. The smallest absolute Gasteiger partial charge is 0.160 e. The molecule has 0 saturated carbocycles. The van der Waals surface area contributed by atoms with Gasteiger partial charge in [-0.15, -0.1) is 0 Å². The van der Waals surface area contributed by atoms with Crippen molar-refractivity contribution in [3.8, 4) is 89.5 Å². The second-order valence-electron chi connectivity index (χ2n) is 15.4. The molecule has 3 heteroatoms. The van der Waals surface area contributed by atoms with Crippen molar-refractivity contribution in [1.29, 1.82) is 0 Å². The van der Waals surface area contributed by atoms with E-state index in [1.807, 2.05) is 12.1 Å². The quantitative estimate of drug-likeness (QED) is 0.152. The molecule has 1 aliphatic rings. The SMILES string of the molecule is C[Si]1(C)c2ccccc2-c2cccc(-c3ccc(-c4ccc(-c5nc(-c6ccc(-c7ccccc7)cc6)cc(-c6ccc(-c7ccccc7)cc6)n5)cc4)cc3)c21. The Morgan fingerprint density at radius 1 is 0.298 bits per heavy atom. The number of rotatable bonds is 7. The zero-order chi connectivity index (χ0) is 38.3. The Morgan fingerprint density at radius 2 is 0.667 bits per heavy atom. The zero-order valence-electron chi connectivity index (χ0n) is 32.0. The fourth-order valence-corrected chi connectivity index (χ4v) is 12.0. The number of nitrogens with zero attached hydrogens (tertiary/aromatic N) is 2. The largest absolute Gasteiger partial charge is 0.228 e. The van der Waals surface area contributed by atoms with E-state index in [0.717, 1.165) is 33.6 Å². The first-order chi connectivity index (χ1) is 28.0. The Kier molecular flexibility index (Phi) is 8.66. The molecule has 0 spiro atoms. The van der Waals surface area contributed by atoms with Gasteiger partial charge in [-0.1, -0.05) is 213 Å². The van der Waals surface area contributed by atoms with Crippen LogP contribution >= 0.6 is 0 Å². The third-order valence-electron chi connectivity index (χ3n) is 11.6. The summed E-state index contributed by atoms with van der Waals surface area (Å²) in [5.41, 5.74) is 17.4. The monoisotopic (exact) mass is 744 g/mol. The van der Waals surface area contributed by atoms with Crippen LogP contribution in [0.15, 0.2) is 206 Å². The molecule has 2 heterocycles. The minimum Gasteiger partial charge on any atom is -0.228 e. The van der Waals surface area contributed by atoms with Crippen molar-refractivity contribution < 1.29 is 0 Å². The van der Waals surface area contributed by atoms with Crippen molar-refractivity contribution in [1.82, 2.24) is 9.97 Å². The van der Waals surface area contributed by atoms with Gasteiger partial charge in [0, 0.05) is 16.7 Å². The van der Waals surface area contributed by atoms with Crippen molar-refractivity contribution in [2.45, 2.75) is 13.1 Å². The Morgan fingerprint density at radius 3 is 1.18 bits per heavy atom. The number of hydrogen-bond acceptors (Lipinski definition) is 2. The summed E-state index contributed by atoms with van der Waals surface area (Å²) < 4.78 is 0. The van der Waals surface area contributed by atoms with Gasteiger partial charge in [-0.2, -0.15) is 0 Å². The number of fused-ring (bicyclic) bond motifs is 3. The molecule has 57 heavy (non-hydrogen) atoms. The van der Waals surface area contributed by atoms with E-state index in [1.54, 1.807) is 5.19 Å². The maximum atomic E-state index is 5.16. The minimum absolute atomic E-state index is 0.703. The van der Waals surface area contributed by atoms with E-state index in [-0.39, 0.29) is 0 Å². The van der Waals surface area contributed by atoms with Crippen LogP contribution in [0.1, 0.15) is 0 Å². The van der Waals surface area contributed by atoms with Crippen molar-refractivity contribution in [3.05, 3.63) is 206 Å². The molecular formula is C54H40N2Si. The second kappa shape index (κ2) is 14.3. The van der Waals surface area contributed by atoms with Gasteiger partial charge >= 0.3 is 0 Å². The highest BCUT2D eigenvalue weighted by molar-refractivity contribution is 7.04. The molecule has 1 aliphatic heterocycles. The summed E-state index contributed by atoms with van der Waals surface area (Å²) in [5.74, 6) is 0.703. The van der Waals surface area contributed by atoms with E-state index >= 15 is 0 Å². The average molecular weight is 745 g/mol. The van der Waals surface area contributed by atoms with Crippen LogP contribution in [-0.4, -0.2) is 18.0 Å². The minimum atomic E-state index is -1.82. The van der Waals surface area contributed by atoms with E-state index in [0.29, 0.717) is 5.82 Å². The Labute approximate surface area is 335 Å². The lowest BCUT2D eigenvalue weighted by Crippen LogP contribution is -2.50. The predicted octanol–water partition coefficient (Wildman–Crippen LogP) is 12.9. The van der Waals surface area contributed by atoms with E-state index in [4.69, 9.17) is 9.97 Å². The third-order valence-corrected chi connectivity index (χ3v) is 15.1. The summed E-state index contributed by atoms with van der Waals surface area (Å²) in [4.78, 5) is 10.3. The number of aromatic nitrogens is 2. The maximum absolute atomic E-state index is 5.16. The van der Waals surface area contributed by atoms with Gasteiger partial charge in [0.25, 0.3) is 0 Å². The molecule has 9 aromatic rings. The van der Waals surface area contributed by atoms with E-state index in [1.165, 1.54) is 55.3 Å².